The van der Waals surface area contributed by atoms with Gasteiger partial charge in [-0.05, 0) is 48.5 Å². The lowest BCUT2D eigenvalue weighted by molar-refractivity contribution is 0.145. The first kappa shape index (κ1) is 21.2. The van der Waals surface area contributed by atoms with E-state index in [0.29, 0.717) is 32.7 Å². The zero-order chi connectivity index (χ0) is 22.0. The molecule has 0 saturated carbocycles. The summed E-state index contributed by atoms with van der Waals surface area (Å²) in [6.07, 6.45) is 0.462. The molecule has 0 bridgehead atoms. The van der Waals surface area contributed by atoms with Crippen LogP contribution < -0.4 is 9.47 Å². The third kappa shape index (κ3) is 4.84. The molecule has 0 unspecified atom stereocenters. The van der Waals surface area contributed by atoms with E-state index in [1.54, 1.807) is 48.5 Å². The van der Waals surface area contributed by atoms with Crippen LogP contribution in [0, 0.1) is 5.82 Å². The predicted octanol–water partition coefficient (Wildman–Crippen LogP) is 6.88. The van der Waals surface area contributed by atoms with Gasteiger partial charge in [-0.15, -0.1) is 0 Å². The average molecular weight is 505 g/mol. The summed E-state index contributed by atoms with van der Waals surface area (Å²) in [4.78, 5) is 10.9. The molecule has 1 aromatic heterocycles. The van der Waals surface area contributed by atoms with Crippen molar-refractivity contribution >= 4 is 44.6 Å². The second-order valence-corrected chi connectivity index (χ2v) is 8.13. The normalized spacial score (nSPS) is 10.9. The number of aromatic nitrogens is 1. The number of hydrogen-bond acceptors (Lipinski definition) is 3. The Morgan fingerprint density at radius 1 is 1.06 bits per heavy atom. The molecule has 0 radical (unpaired) electrons. The van der Waals surface area contributed by atoms with E-state index in [0.717, 1.165) is 11.1 Å². The van der Waals surface area contributed by atoms with E-state index in [1.807, 2.05) is 16.8 Å². The summed E-state index contributed by atoms with van der Waals surface area (Å²) in [6.45, 7) is 0.482. The van der Waals surface area contributed by atoms with Crippen LogP contribution in [-0.2, 0) is 13.2 Å². The number of carboxylic acid groups (broad SMARTS) is 1. The van der Waals surface area contributed by atoms with E-state index in [9.17, 15) is 9.18 Å². The van der Waals surface area contributed by atoms with E-state index in [1.165, 1.54) is 6.07 Å². The molecule has 5 nitrogen and oxygen atoms in total. The van der Waals surface area contributed by atoms with Gasteiger partial charge in [0.15, 0.2) is 0 Å². The molecule has 0 saturated heterocycles. The lowest BCUT2D eigenvalue weighted by Gasteiger charge is -2.14. The fourth-order valence-corrected chi connectivity index (χ4v) is 3.83. The molecule has 0 aliphatic rings. The molecule has 158 valence electrons. The van der Waals surface area contributed by atoms with Crippen molar-refractivity contribution in [3.8, 4) is 11.5 Å². The van der Waals surface area contributed by atoms with Crippen LogP contribution in [0.5, 0.6) is 11.5 Å². The fourth-order valence-electron chi connectivity index (χ4n) is 3.31. The number of nitrogens with zero attached hydrogens (tertiary/aromatic N) is 1. The molecule has 1 N–H and O–H groups in total. The van der Waals surface area contributed by atoms with E-state index in [-0.39, 0.29) is 18.2 Å². The van der Waals surface area contributed by atoms with E-state index in [2.05, 4.69) is 15.9 Å². The number of ether oxygens (including phenoxy) is 2. The summed E-state index contributed by atoms with van der Waals surface area (Å²) in [6, 6.07) is 17.0. The smallest absolute Gasteiger partial charge is 0.488 e. The Morgan fingerprint density at radius 2 is 1.90 bits per heavy atom. The van der Waals surface area contributed by atoms with Crippen molar-refractivity contribution in [2.75, 3.05) is 0 Å². The molecule has 0 fully saturated rings. The summed E-state index contributed by atoms with van der Waals surface area (Å²) < 4.78 is 27.5. The molecule has 0 spiro atoms. The summed E-state index contributed by atoms with van der Waals surface area (Å²) in [5, 5.41) is 10.2. The highest BCUT2D eigenvalue weighted by Gasteiger charge is 2.13. The van der Waals surface area contributed by atoms with Crippen LogP contribution in [0.3, 0.4) is 0 Å². The van der Waals surface area contributed by atoms with Gasteiger partial charge in [0.1, 0.15) is 23.9 Å². The summed E-state index contributed by atoms with van der Waals surface area (Å²) in [7, 11) is 0. The molecule has 3 aromatic carbocycles. The van der Waals surface area contributed by atoms with Gasteiger partial charge in [0.25, 0.3) is 0 Å². The van der Waals surface area contributed by atoms with Crippen molar-refractivity contribution in [1.29, 1.82) is 0 Å². The van der Waals surface area contributed by atoms with Gasteiger partial charge in [-0.2, -0.15) is 0 Å². The van der Waals surface area contributed by atoms with Crippen molar-refractivity contribution in [1.82, 2.24) is 4.57 Å². The first-order valence-electron chi connectivity index (χ1n) is 9.24. The molecular weight excluding hydrogens is 489 g/mol. The summed E-state index contributed by atoms with van der Waals surface area (Å²) in [5.74, 6) is 0.482. The van der Waals surface area contributed by atoms with Gasteiger partial charge in [0, 0.05) is 32.2 Å². The van der Waals surface area contributed by atoms with Crippen molar-refractivity contribution in [2.24, 2.45) is 0 Å². The Balaban J connectivity index is 1.62. The quantitative estimate of drug-likeness (QED) is 0.230. The van der Waals surface area contributed by atoms with Crippen LogP contribution in [-0.4, -0.2) is 15.8 Å². The third-order valence-electron chi connectivity index (χ3n) is 4.73. The number of fused-ring (bicyclic) bond motifs is 1. The lowest BCUT2D eigenvalue weighted by Crippen LogP contribution is -2.05. The minimum absolute atomic E-state index is 0.0662. The maximum absolute atomic E-state index is 14.1. The van der Waals surface area contributed by atoms with Gasteiger partial charge in [-0.3, -0.25) is 0 Å². The Kier molecular flexibility index (Phi) is 6.15. The molecule has 0 atom stereocenters. The van der Waals surface area contributed by atoms with Crippen LogP contribution in [0.1, 0.15) is 11.1 Å². The number of benzene rings is 3. The van der Waals surface area contributed by atoms with Gasteiger partial charge in [0.05, 0.1) is 12.1 Å². The lowest BCUT2D eigenvalue weighted by atomic mass is 10.2. The highest BCUT2D eigenvalue weighted by molar-refractivity contribution is 9.10. The summed E-state index contributed by atoms with van der Waals surface area (Å²) >= 11 is 9.45. The molecule has 8 heteroatoms. The minimum atomic E-state index is -1.37. The van der Waals surface area contributed by atoms with Crippen molar-refractivity contribution in [2.45, 2.75) is 13.2 Å². The van der Waals surface area contributed by atoms with E-state index >= 15 is 0 Å². The standard InChI is InChI=1S/C23H16BrClFNO4/c24-16-5-4-14(19(26)11-16)13-30-21-7-6-17(25)10-15(21)12-27-9-8-18-20(27)2-1-3-22(18)31-23(28)29/h1-11H,12-13H2,(H,28,29). The van der Waals surface area contributed by atoms with E-state index < -0.39 is 6.16 Å². The number of rotatable bonds is 6. The van der Waals surface area contributed by atoms with Gasteiger partial charge in [-0.1, -0.05) is 39.7 Å². The minimum Gasteiger partial charge on any atom is -0.488 e. The Bertz CT molecular complexity index is 1270. The monoisotopic (exact) mass is 503 g/mol. The molecule has 31 heavy (non-hydrogen) atoms. The van der Waals surface area contributed by atoms with Gasteiger partial charge >= 0.3 is 6.16 Å². The van der Waals surface area contributed by atoms with Crippen LogP contribution in [0.15, 0.2) is 71.3 Å². The second kappa shape index (κ2) is 8.99. The first-order chi connectivity index (χ1) is 14.9. The number of carbonyl (C=O) groups is 1. The van der Waals surface area contributed by atoms with Crippen LogP contribution >= 0.6 is 27.5 Å². The zero-order valence-corrected chi connectivity index (χ0v) is 18.4. The van der Waals surface area contributed by atoms with Gasteiger partial charge < -0.3 is 19.1 Å². The SMILES string of the molecule is O=C(O)Oc1cccc2c1ccn2Cc1cc(Cl)ccc1OCc1ccc(Br)cc1F. The molecule has 1 heterocycles. The Morgan fingerprint density at radius 3 is 2.68 bits per heavy atom. The van der Waals surface area contributed by atoms with Crippen molar-refractivity contribution < 1.29 is 23.8 Å². The molecule has 0 aliphatic heterocycles. The molecule has 4 rings (SSSR count). The number of halogens is 3. The van der Waals surface area contributed by atoms with Crippen molar-refractivity contribution in [3.63, 3.8) is 0 Å². The second-order valence-electron chi connectivity index (χ2n) is 6.78. The molecule has 4 aromatic rings. The largest absolute Gasteiger partial charge is 0.511 e. The maximum atomic E-state index is 14.1. The van der Waals surface area contributed by atoms with Gasteiger partial charge in [0.2, 0.25) is 0 Å². The summed E-state index contributed by atoms with van der Waals surface area (Å²) in [5.41, 5.74) is 2.03. The highest BCUT2D eigenvalue weighted by Crippen LogP contribution is 2.30. The van der Waals surface area contributed by atoms with Crippen molar-refractivity contribution in [3.05, 3.63) is 93.3 Å². The van der Waals surface area contributed by atoms with Crippen LogP contribution in [0.2, 0.25) is 5.02 Å². The third-order valence-corrected chi connectivity index (χ3v) is 5.46. The average Bonchev–Trinajstić information content (AvgIpc) is 3.12. The molecule has 0 amide bonds. The van der Waals surface area contributed by atoms with Crippen LogP contribution in [0.4, 0.5) is 9.18 Å². The predicted molar refractivity (Wildman–Crippen MR) is 120 cm³/mol. The van der Waals surface area contributed by atoms with Crippen LogP contribution in [0.25, 0.3) is 10.9 Å². The molecular formula is C23H16BrClFNO4. The number of hydrogen-bond donors (Lipinski definition) is 1. The Labute approximate surface area is 190 Å². The Hall–Kier alpha value is -3.03. The first-order valence-corrected chi connectivity index (χ1v) is 10.4. The van der Waals surface area contributed by atoms with Gasteiger partial charge in [-0.25, -0.2) is 9.18 Å². The molecule has 0 aliphatic carbocycles. The topological polar surface area (TPSA) is 60.7 Å². The highest BCUT2D eigenvalue weighted by atomic mass is 79.9. The zero-order valence-electron chi connectivity index (χ0n) is 16.0. The maximum Gasteiger partial charge on any atom is 0.511 e. The fraction of sp³-hybridized carbons (Fsp3) is 0.0870. The van der Waals surface area contributed by atoms with E-state index in [4.69, 9.17) is 26.2 Å².